The van der Waals surface area contributed by atoms with Crippen LogP contribution in [-0.2, 0) is 0 Å². The molecule has 1 heterocycles. The minimum atomic E-state index is 0.877. The van der Waals surface area contributed by atoms with Crippen molar-refractivity contribution in [1.29, 1.82) is 0 Å². The van der Waals surface area contributed by atoms with Gasteiger partial charge in [-0.25, -0.2) is 0 Å². The molecule has 0 radical (unpaired) electrons. The molecular formula is C14H31N3. The predicted molar refractivity (Wildman–Crippen MR) is 75.5 cm³/mol. The molecule has 0 bridgehead atoms. The van der Waals surface area contributed by atoms with Crippen molar-refractivity contribution in [3.63, 3.8) is 0 Å². The van der Waals surface area contributed by atoms with Gasteiger partial charge in [-0.15, -0.1) is 0 Å². The maximum Gasteiger partial charge on any atom is 0.00187 e. The number of hydrogen-bond donors (Lipinski definition) is 1. The maximum atomic E-state index is 3.63. The molecule has 3 nitrogen and oxygen atoms in total. The minimum Gasteiger partial charge on any atom is -0.316 e. The zero-order valence-electron chi connectivity index (χ0n) is 12.0. The molecule has 0 aliphatic carbocycles. The van der Waals surface area contributed by atoms with Crippen LogP contribution in [0.1, 0.15) is 33.1 Å². The highest BCUT2D eigenvalue weighted by Gasteiger charge is 2.16. The summed E-state index contributed by atoms with van der Waals surface area (Å²) in [4.78, 5) is 4.96. The quantitative estimate of drug-likeness (QED) is 0.652. The van der Waals surface area contributed by atoms with Crippen LogP contribution in [0.4, 0.5) is 0 Å². The Kier molecular flexibility index (Phi) is 7.82. The van der Waals surface area contributed by atoms with E-state index < -0.39 is 0 Å². The lowest BCUT2D eigenvalue weighted by Gasteiger charge is -2.29. The second kappa shape index (κ2) is 8.90. The molecule has 1 saturated heterocycles. The van der Waals surface area contributed by atoms with Gasteiger partial charge in [-0.05, 0) is 71.5 Å². The molecule has 1 N–H and O–H groups in total. The molecule has 0 spiro atoms. The van der Waals surface area contributed by atoms with E-state index in [0.717, 1.165) is 5.92 Å². The van der Waals surface area contributed by atoms with E-state index in [9.17, 15) is 0 Å². The Balaban J connectivity index is 1.96. The van der Waals surface area contributed by atoms with E-state index in [1.165, 1.54) is 65.1 Å². The number of piperidine rings is 1. The van der Waals surface area contributed by atoms with Gasteiger partial charge < -0.3 is 15.1 Å². The first-order chi connectivity index (χ1) is 8.26. The van der Waals surface area contributed by atoms with Crippen LogP contribution in [0.3, 0.4) is 0 Å². The second-order valence-electron chi connectivity index (χ2n) is 5.36. The van der Waals surface area contributed by atoms with Crippen LogP contribution < -0.4 is 5.32 Å². The molecule has 0 aromatic heterocycles. The highest BCUT2D eigenvalue weighted by Crippen LogP contribution is 2.13. The summed E-state index contributed by atoms with van der Waals surface area (Å²) < 4.78 is 0. The lowest BCUT2D eigenvalue weighted by molar-refractivity contribution is 0.205. The van der Waals surface area contributed by atoms with E-state index in [-0.39, 0.29) is 0 Å². The van der Waals surface area contributed by atoms with E-state index in [1.54, 1.807) is 0 Å². The summed E-state index contributed by atoms with van der Waals surface area (Å²) in [6.45, 7) is 13.1. The van der Waals surface area contributed by atoms with Crippen LogP contribution in [0.2, 0.25) is 0 Å². The Morgan fingerprint density at radius 2 is 2.06 bits per heavy atom. The molecule has 0 aromatic carbocycles. The average Bonchev–Trinajstić information content (AvgIpc) is 2.34. The number of nitrogens with one attached hydrogen (secondary N) is 1. The molecule has 1 atom stereocenters. The number of rotatable bonds is 8. The zero-order chi connectivity index (χ0) is 12.5. The van der Waals surface area contributed by atoms with Crippen molar-refractivity contribution in [2.75, 3.05) is 52.9 Å². The van der Waals surface area contributed by atoms with Gasteiger partial charge in [0.25, 0.3) is 0 Å². The Hall–Kier alpha value is -0.120. The second-order valence-corrected chi connectivity index (χ2v) is 5.36. The van der Waals surface area contributed by atoms with Crippen LogP contribution in [0.15, 0.2) is 0 Å². The largest absolute Gasteiger partial charge is 0.316 e. The molecule has 1 aliphatic heterocycles. The van der Waals surface area contributed by atoms with Gasteiger partial charge in [0.1, 0.15) is 0 Å². The van der Waals surface area contributed by atoms with Crippen molar-refractivity contribution in [2.45, 2.75) is 33.1 Å². The molecule has 102 valence electrons. The molecule has 1 rings (SSSR count). The fourth-order valence-corrected chi connectivity index (χ4v) is 2.71. The highest BCUT2D eigenvalue weighted by molar-refractivity contribution is 4.72. The van der Waals surface area contributed by atoms with E-state index in [4.69, 9.17) is 0 Å². The van der Waals surface area contributed by atoms with Crippen molar-refractivity contribution < 1.29 is 0 Å². The first-order valence-electron chi connectivity index (χ1n) is 7.37. The lowest BCUT2D eigenvalue weighted by atomic mass is 9.98. The zero-order valence-corrected chi connectivity index (χ0v) is 12.0. The van der Waals surface area contributed by atoms with Gasteiger partial charge in [0.15, 0.2) is 0 Å². The van der Waals surface area contributed by atoms with Crippen LogP contribution in [0.25, 0.3) is 0 Å². The third kappa shape index (κ3) is 6.39. The molecule has 0 aromatic rings. The Morgan fingerprint density at radius 1 is 1.29 bits per heavy atom. The van der Waals surface area contributed by atoms with Gasteiger partial charge in [-0.3, -0.25) is 0 Å². The minimum absolute atomic E-state index is 0.877. The SMILES string of the molecule is CCN(CC)CCCNCC1CCCN(C)C1. The van der Waals surface area contributed by atoms with Crippen molar-refractivity contribution >= 4 is 0 Å². The average molecular weight is 241 g/mol. The standard InChI is InChI=1S/C14H31N3/c1-4-17(5-2)11-7-9-15-12-14-8-6-10-16(3)13-14/h14-15H,4-13H2,1-3H3. The maximum absolute atomic E-state index is 3.63. The fraction of sp³-hybridized carbons (Fsp3) is 1.00. The summed E-state index contributed by atoms with van der Waals surface area (Å²) in [5.41, 5.74) is 0. The van der Waals surface area contributed by atoms with Crippen molar-refractivity contribution in [3.8, 4) is 0 Å². The van der Waals surface area contributed by atoms with E-state index in [1.807, 2.05) is 0 Å². The molecular weight excluding hydrogens is 210 g/mol. The summed E-state index contributed by atoms with van der Waals surface area (Å²) in [7, 11) is 2.24. The highest BCUT2D eigenvalue weighted by atomic mass is 15.1. The summed E-state index contributed by atoms with van der Waals surface area (Å²) >= 11 is 0. The summed E-state index contributed by atoms with van der Waals surface area (Å²) in [5.74, 6) is 0.877. The van der Waals surface area contributed by atoms with Crippen LogP contribution in [0.5, 0.6) is 0 Å². The van der Waals surface area contributed by atoms with Crippen molar-refractivity contribution in [2.24, 2.45) is 5.92 Å². The van der Waals surface area contributed by atoms with Crippen molar-refractivity contribution in [1.82, 2.24) is 15.1 Å². The van der Waals surface area contributed by atoms with Gasteiger partial charge in [0.2, 0.25) is 0 Å². The monoisotopic (exact) mass is 241 g/mol. The van der Waals surface area contributed by atoms with Gasteiger partial charge in [0, 0.05) is 6.54 Å². The molecule has 0 amide bonds. The molecule has 3 heteroatoms. The van der Waals surface area contributed by atoms with Gasteiger partial charge in [-0.2, -0.15) is 0 Å². The smallest absolute Gasteiger partial charge is 0.00187 e. The van der Waals surface area contributed by atoms with Gasteiger partial charge in [0.05, 0.1) is 0 Å². The molecule has 1 fully saturated rings. The summed E-state index contributed by atoms with van der Waals surface area (Å²) in [6, 6.07) is 0. The third-order valence-corrected chi connectivity index (χ3v) is 3.88. The Morgan fingerprint density at radius 3 is 2.71 bits per heavy atom. The van der Waals surface area contributed by atoms with Crippen LogP contribution in [-0.4, -0.2) is 62.7 Å². The lowest BCUT2D eigenvalue weighted by Crippen LogP contribution is -2.38. The molecule has 0 saturated carbocycles. The third-order valence-electron chi connectivity index (χ3n) is 3.88. The number of nitrogens with zero attached hydrogens (tertiary/aromatic N) is 2. The Bertz CT molecular complexity index is 180. The molecule has 1 aliphatic rings. The summed E-state index contributed by atoms with van der Waals surface area (Å²) in [6.07, 6.45) is 4.07. The van der Waals surface area contributed by atoms with E-state index in [2.05, 4.69) is 36.0 Å². The number of likely N-dealkylation sites (tertiary alicyclic amines) is 1. The topological polar surface area (TPSA) is 18.5 Å². The molecule has 1 unspecified atom stereocenters. The Labute approximate surface area is 108 Å². The first kappa shape index (κ1) is 14.9. The predicted octanol–water partition coefficient (Wildman–Crippen LogP) is 1.65. The van der Waals surface area contributed by atoms with Crippen molar-refractivity contribution in [3.05, 3.63) is 0 Å². The van der Waals surface area contributed by atoms with Gasteiger partial charge >= 0.3 is 0 Å². The van der Waals surface area contributed by atoms with Crippen LogP contribution in [0, 0.1) is 5.92 Å². The first-order valence-corrected chi connectivity index (χ1v) is 7.37. The van der Waals surface area contributed by atoms with E-state index >= 15 is 0 Å². The normalized spacial score (nSPS) is 22.2. The summed E-state index contributed by atoms with van der Waals surface area (Å²) in [5, 5.41) is 3.63. The molecule has 17 heavy (non-hydrogen) atoms. The fourth-order valence-electron chi connectivity index (χ4n) is 2.71. The number of hydrogen-bond acceptors (Lipinski definition) is 3. The van der Waals surface area contributed by atoms with Crippen LogP contribution >= 0.6 is 0 Å². The van der Waals surface area contributed by atoms with Gasteiger partial charge in [-0.1, -0.05) is 13.8 Å². The van der Waals surface area contributed by atoms with E-state index in [0.29, 0.717) is 0 Å².